The summed E-state index contributed by atoms with van der Waals surface area (Å²) in [4.78, 5) is 15.0. The van der Waals surface area contributed by atoms with Gasteiger partial charge in [-0.1, -0.05) is 37.6 Å². The highest BCUT2D eigenvalue weighted by molar-refractivity contribution is 7.91. The van der Waals surface area contributed by atoms with Crippen molar-refractivity contribution in [3.8, 4) is 0 Å². The van der Waals surface area contributed by atoms with Gasteiger partial charge in [0.1, 0.15) is 10.6 Å². The zero-order valence-electron chi connectivity index (χ0n) is 14.5. The molecule has 136 valence electrons. The molecule has 0 unspecified atom stereocenters. The maximum Gasteiger partial charge on any atom is 0.355 e. The predicted molar refractivity (Wildman–Crippen MR) is 101 cm³/mol. The van der Waals surface area contributed by atoms with Crippen LogP contribution in [0.4, 0.5) is 0 Å². The van der Waals surface area contributed by atoms with Crippen molar-refractivity contribution in [3.05, 3.63) is 58.7 Å². The smallest absolute Gasteiger partial charge is 0.355 e. The number of methoxy groups -OCH3 is 1. The Hall–Kier alpha value is -2.31. The first-order valence-corrected chi connectivity index (χ1v) is 9.86. The maximum atomic E-state index is 13.3. The standard InChI is InChI=1S/C19H18ClNO4S/c1-11(2)12-4-7-14(8-5-12)26(23,24)18-15-10-13(20)6-9-16(15)21-17(18)19(22)25-3/h4-11,21H,1-3H3. The van der Waals surface area contributed by atoms with Crippen molar-refractivity contribution < 1.29 is 17.9 Å². The van der Waals surface area contributed by atoms with Gasteiger partial charge in [-0.25, -0.2) is 13.2 Å². The number of aromatic amines is 1. The Morgan fingerprint density at radius 1 is 1.12 bits per heavy atom. The number of rotatable bonds is 4. The van der Waals surface area contributed by atoms with E-state index in [9.17, 15) is 13.2 Å². The third-order valence-corrected chi connectivity index (χ3v) is 6.32. The minimum absolute atomic E-state index is 0.105. The van der Waals surface area contributed by atoms with Gasteiger partial charge in [-0.3, -0.25) is 0 Å². The summed E-state index contributed by atoms with van der Waals surface area (Å²) < 4.78 is 31.3. The molecule has 0 aliphatic heterocycles. The minimum Gasteiger partial charge on any atom is -0.464 e. The van der Waals surface area contributed by atoms with Crippen molar-refractivity contribution in [3.63, 3.8) is 0 Å². The molecule has 0 saturated carbocycles. The highest BCUT2D eigenvalue weighted by Gasteiger charge is 2.30. The van der Waals surface area contributed by atoms with Crippen LogP contribution in [0, 0.1) is 0 Å². The van der Waals surface area contributed by atoms with E-state index in [2.05, 4.69) is 4.98 Å². The number of halogens is 1. The number of benzene rings is 2. The Morgan fingerprint density at radius 3 is 2.35 bits per heavy atom. The molecule has 3 aromatic rings. The van der Waals surface area contributed by atoms with E-state index in [1.54, 1.807) is 36.4 Å². The fourth-order valence-electron chi connectivity index (χ4n) is 2.81. The summed E-state index contributed by atoms with van der Waals surface area (Å²) in [5, 5.41) is 0.727. The summed E-state index contributed by atoms with van der Waals surface area (Å²) in [6.45, 7) is 4.06. The number of H-pyrrole nitrogens is 1. The van der Waals surface area contributed by atoms with Crippen LogP contribution in [-0.2, 0) is 14.6 Å². The van der Waals surface area contributed by atoms with Crippen molar-refractivity contribution in [2.75, 3.05) is 7.11 Å². The first-order chi connectivity index (χ1) is 12.3. The van der Waals surface area contributed by atoms with Crippen LogP contribution in [-0.4, -0.2) is 26.5 Å². The SMILES string of the molecule is COC(=O)c1[nH]c2ccc(Cl)cc2c1S(=O)(=O)c1ccc(C(C)C)cc1. The summed E-state index contributed by atoms with van der Waals surface area (Å²) >= 11 is 6.04. The molecule has 26 heavy (non-hydrogen) atoms. The summed E-state index contributed by atoms with van der Waals surface area (Å²) in [5.41, 5.74) is 1.41. The van der Waals surface area contributed by atoms with Crippen LogP contribution in [0.25, 0.3) is 10.9 Å². The van der Waals surface area contributed by atoms with Gasteiger partial charge in [-0.15, -0.1) is 0 Å². The second kappa shape index (κ2) is 6.78. The summed E-state index contributed by atoms with van der Waals surface area (Å²) in [7, 11) is -2.75. The number of carbonyl (C=O) groups is 1. The Balaban J connectivity index is 2.27. The Bertz CT molecular complexity index is 1080. The van der Waals surface area contributed by atoms with E-state index in [1.807, 2.05) is 13.8 Å². The zero-order valence-corrected chi connectivity index (χ0v) is 16.1. The number of fused-ring (bicyclic) bond motifs is 1. The molecule has 0 saturated heterocycles. The Morgan fingerprint density at radius 2 is 1.77 bits per heavy atom. The summed E-state index contributed by atoms with van der Waals surface area (Å²) in [6, 6.07) is 11.4. The molecule has 0 amide bonds. The molecule has 0 radical (unpaired) electrons. The third-order valence-electron chi connectivity index (χ3n) is 4.23. The van der Waals surface area contributed by atoms with Gasteiger partial charge in [-0.2, -0.15) is 0 Å². The average Bonchev–Trinajstić information content (AvgIpc) is 3.00. The van der Waals surface area contributed by atoms with Crippen molar-refractivity contribution >= 4 is 38.3 Å². The number of esters is 1. The van der Waals surface area contributed by atoms with Gasteiger partial charge in [0, 0.05) is 15.9 Å². The molecule has 1 aromatic heterocycles. The lowest BCUT2D eigenvalue weighted by molar-refractivity contribution is 0.0590. The van der Waals surface area contributed by atoms with E-state index in [4.69, 9.17) is 16.3 Å². The molecule has 0 aliphatic carbocycles. The van der Waals surface area contributed by atoms with Crippen LogP contribution in [0.2, 0.25) is 5.02 Å². The van der Waals surface area contributed by atoms with Crippen LogP contribution in [0.5, 0.6) is 0 Å². The first-order valence-electron chi connectivity index (χ1n) is 8.00. The fourth-order valence-corrected chi connectivity index (χ4v) is 4.58. The number of nitrogens with one attached hydrogen (secondary N) is 1. The van der Waals surface area contributed by atoms with Crippen LogP contribution in [0.3, 0.4) is 0 Å². The quantitative estimate of drug-likeness (QED) is 0.661. The predicted octanol–water partition coefficient (Wildman–Crippen LogP) is 4.56. The van der Waals surface area contributed by atoms with Gasteiger partial charge >= 0.3 is 5.97 Å². The molecular formula is C19H18ClNO4S. The van der Waals surface area contributed by atoms with E-state index in [0.29, 0.717) is 15.9 Å². The Kier molecular flexibility index (Phi) is 4.82. The van der Waals surface area contributed by atoms with Gasteiger partial charge < -0.3 is 9.72 Å². The molecule has 0 aliphatic rings. The van der Waals surface area contributed by atoms with E-state index in [-0.39, 0.29) is 21.4 Å². The van der Waals surface area contributed by atoms with E-state index >= 15 is 0 Å². The normalized spacial score (nSPS) is 11.9. The molecule has 5 nitrogen and oxygen atoms in total. The highest BCUT2D eigenvalue weighted by atomic mass is 35.5. The van der Waals surface area contributed by atoms with Gasteiger partial charge in [0.05, 0.1) is 12.0 Å². The molecule has 0 atom stereocenters. The molecule has 7 heteroatoms. The van der Waals surface area contributed by atoms with Gasteiger partial charge in [0.15, 0.2) is 0 Å². The number of sulfone groups is 1. The van der Waals surface area contributed by atoms with Crippen LogP contribution in [0.1, 0.15) is 35.8 Å². The van der Waals surface area contributed by atoms with Gasteiger partial charge in [0.2, 0.25) is 9.84 Å². The van der Waals surface area contributed by atoms with E-state index in [1.165, 1.54) is 13.2 Å². The van der Waals surface area contributed by atoms with E-state index in [0.717, 1.165) is 5.56 Å². The van der Waals surface area contributed by atoms with Crippen LogP contribution < -0.4 is 0 Å². The molecule has 1 N–H and O–H groups in total. The first kappa shape index (κ1) is 18.5. The van der Waals surface area contributed by atoms with Crippen molar-refractivity contribution in [1.29, 1.82) is 0 Å². The monoisotopic (exact) mass is 391 g/mol. The van der Waals surface area contributed by atoms with Crippen LogP contribution >= 0.6 is 11.6 Å². The molecule has 0 bridgehead atoms. The van der Waals surface area contributed by atoms with Gasteiger partial charge in [0.25, 0.3) is 0 Å². The number of carbonyl (C=O) groups excluding carboxylic acids is 1. The van der Waals surface area contributed by atoms with Crippen molar-refractivity contribution in [1.82, 2.24) is 4.98 Å². The summed E-state index contributed by atoms with van der Waals surface area (Å²) in [5.74, 6) is -0.473. The van der Waals surface area contributed by atoms with Gasteiger partial charge in [-0.05, 0) is 41.8 Å². The lowest BCUT2D eigenvalue weighted by atomic mass is 10.0. The Labute approximate surface area is 156 Å². The lowest BCUT2D eigenvalue weighted by Crippen LogP contribution is -2.10. The molecule has 0 fully saturated rings. The number of hydrogen-bond acceptors (Lipinski definition) is 4. The zero-order chi connectivity index (χ0) is 19.1. The molecule has 1 heterocycles. The highest BCUT2D eigenvalue weighted by Crippen LogP contribution is 2.34. The largest absolute Gasteiger partial charge is 0.464 e. The fraction of sp³-hybridized carbons (Fsp3) is 0.211. The summed E-state index contributed by atoms with van der Waals surface area (Å²) in [6.07, 6.45) is 0. The number of ether oxygens (including phenoxy) is 1. The molecule has 2 aromatic carbocycles. The van der Waals surface area contributed by atoms with Crippen LogP contribution in [0.15, 0.2) is 52.3 Å². The maximum absolute atomic E-state index is 13.3. The molecule has 3 rings (SSSR count). The lowest BCUT2D eigenvalue weighted by Gasteiger charge is -2.09. The second-order valence-corrected chi connectivity index (χ2v) is 8.56. The average molecular weight is 392 g/mol. The molecule has 0 spiro atoms. The van der Waals surface area contributed by atoms with Crippen molar-refractivity contribution in [2.45, 2.75) is 29.6 Å². The second-order valence-electron chi connectivity index (χ2n) is 6.24. The van der Waals surface area contributed by atoms with Crippen molar-refractivity contribution in [2.24, 2.45) is 0 Å². The third kappa shape index (κ3) is 3.10. The number of aromatic nitrogens is 1. The molecular weight excluding hydrogens is 374 g/mol. The van der Waals surface area contributed by atoms with E-state index < -0.39 is 15.8 Å². The topological polar surface area (TPSA) is 76.2 Å². The number of hydrogen-bond donors (Lipinski definition) is 1. The minimum atomic E-state index is -3.96.